The van der Waals surface area contributed by atoms with Gasteiger partial charge in [0.15, 0.2) is 5.75 Å². The molecule has 2 rings (SSSR count). The SMILES string of the molecule is COC=Cc1ccc([N+](=O)[O-])c2c1OCO2. The van der Waals surface area contributed by atoms with Crippen LogP contribution in [0.2, 0.25) is 0 Å². The number of nitrogens with zero attached hydrogens (tertiary/aromatic N) is 1. The lowest BCUT2D eigenvalue weighted by Gasteiger charge is -2.01. The first kappa shape index (κ1) is 10.3. The first-order chi connectivity index (χ1) is 7.74. The first-order valence-corrected chi connectivity index (χ1v) is 4.50. The maximum absolute atomic E-state index is 10.7. The van der Waals surface area contributed by atoms with E-state index >= 15 is 0 Å². The van der Waals surface area contributed by atoms with E-state index in [1.807, 2.05) is 0 Å². The van der Waals surface area contributed by atoms with E-state index < -0.39 is 4.92 Å². The van der Waals surface area contributed by atoms with Crippen molar-refractivity contribution in [1.82, 2.24) is 0 Å². The number of ether oxygens (including phenoxy) is 3. The van der Waals surface area contributed by atoms with E-state index in [0.29, 0.717) is 11.3 Å². The Kier molecular flexibility index (Phi) is 2.63. The smallest absolute Gasteiger partial charge is 0.315 e. The molecule has 1 aliphatic heterocycles. The summed E-state index contributed by atoms with van der Waals surface area (Å²) < 4.78 is 15.0. The topological polar surface area (TPSA) is 70.8 Å². The van der Waals surface area contributed by atoms with Crippen LogP contribution in [0.25, 0.3) is 6.08 Å². The van der Waals surface area contributed by atoms with E-state index in [0.717, 1.165) is 0 Å². The van der Waals surface area contributed by atoms with Crippen LogP contribution in [0.4, 0.5) is 5.69 Å². The van der Waals surface area contributed by atoms with E-state index in [1.165, 1.54) is 19.4 Å². The number of fused-ring (bicyclic) bond motifs is 1. The third-order valence-corrected chi connectivity index (χ3v) is 2.11. The Balaban J connectivity index is 2.49. The third kappa shape index (κ3) is 1.65. The van der Waals surface area contributed by atoms with Crippen molar-refractivity contribution in [3.63, 3.8) is 0 Å². The molecule has 0 amide bonds. The van der Waals surface area contributed by atoms with Gasteiger partial charge in [0.05, 0.1) is 18.3 Å². The minimum atomic E-state index is -0.503. The zero-order chi connectivity index (χ0) is 11.5. The van der Waals surface area contributed by atoms with Crippen LogP contribution in [0.15, 0.2) is 18.4 Å². The molecule has 0 radical (unpaired) electrons. The molecule has 0 spiro atoms. The van der Waals surface area contributed by atoms with Gasteiger partial charge in [0.2, 0.25) is 12.5 Å². The van der Waals surface area contributed by atoms with Crippen molar-refractivity contribution < 1.29 is 19.1 Å². The fraction of sp³-hybridized carbons (Fsp3) is 0.200. The van der Waals surface area contributed by atoms with Crippen LogP contribution in [0, 0.1) is 10.1 Å². The molecule has 16 heavy (non-hydrogen) atoms. The molecule has 6 nitrogen and oxygen atoms in total. The van der Waals surface area contributed by atoms with Gasteiger partial charge in [-0.25, -0.2) is 0 Å². The van der Waals surface area contributed by atoms with Crippen LogP contribution in [0.3, 0.4) is 0 Å². The number of hydrogen-bond donors (Lipinski definition) is 0. The van der Waals surface area contributed by atoms with E-state index in [4.69, 9.17) is 14.2 Å². The van der Waals surface area contributed by atoms with Crippen molar-refractivity contribution >= 4 is 11.8 Å². The summed E-state index contributed by atoms with van der Waals surface area (Å²) in [5.41, 5.74) is 0.585. The monoisotopic (exact) mass is 223 g/mol. The van der Waals surface area contributed by atoms with E-state index in [9.17, 15) is 10.1 Å². The zero-order valence-electron chi connectivity index (χ0n) is 8.50. The Morgan fingerprint density at radius 3 is 2.88 bits per heavy atom. The van der Waals surface area contributed by atoms with Gasteiger partial charge in [-0.3, -0.25) is 10.1 Å². The lowest BCUT2D eigenvalue weighted by Crippen LogP contribution is -1.94. The fourth-order valence-corrected chi connectivity index (χ4v) is 1.42. The number of hydrogen-bond acceptors (Lipinski definition) is 5. The third-order valence-electron chi connectivity index (χ3n) is 2.11. The van der Waals surface area contributed by atoms with Gasteiger partial charge in [0.1, 0.15) is 0 Å². The highest BCUT2D eigenvalue weighted by Crippen LogP contribution is 2.43. The van der Waals surface area contributed by atoms with Crippen LogP contribution >= 0.6 is 0 Å². The maximum Gasteiger partial charge on any atom is 0.315 e. The standard InChI is InChI=1S/C10H9NO5/c1-14-5-4-7-2-3-8(11(12)13)10-9(7)15-6-16-10/h2-5H,6H2,1H3. The molecular weight excluding hydrogens is 214 g/mol. The summed E-state index contributed by atoms with van der Waals surface area (Å²) in [6.07, 6.45) is 3.11. The Hall–Kier alpha value is -2.24. The predicted molar refractivity (Wildman–Crippen MR) is 55.3 cm³/mol. The van der Waals surface area contributed by atoms with Gasteiger partial charge < -0.3 is 14.2 Å². The molecule has 84 valence electrons. The van der Waals surface area contributed by atoms with Gasteiger partial charge in [0.25, 0.3) is 0 Å². The van der Waals surface area contributed by atoms with Crippen molar-refractivity contribution in [3.8, 4) is 11.5 Å². The molecule has 0 atom stereocenters. The summed E-state index contributed by atoms with van der Waals surface area (Å²) in [4.78, 5) is 10.2. The van der Waals surface area contributed by atoms with Crippen LogP contribution in [-0.4, -0.2) is 18.8 Å². The normalized spacial score (nSPS) is 13.1. The molecule has 0 fully saturated rings. The molecule has 1 heterocycles. The van der Waals surface area contributed by atoms with Gasteiger partial charge >= 0.3 is 5.69 Å². The Morgan fingerprint density at radius 1 is 1.44 bits per heavy atom. The van der Waals surface area contributed by atoms with Gasteiger partial charge in [-0.05, 0) is 12.1 Å². The van der Waals surface area contributed by atoms with Gasteiger partial charge in [0, 0.05) is 11.6 Å². The molecule has 0 saturated carbocycles. The molecule has 0 saturated heterocycles. The Bertz CT molecular complexity index is 455. The zero-order valence-corrected chi connectivity index (χ0v) is 8.50. The van der Waals surface area contributed by atoms with E-state index in [1.54, 1.807) is 12.1 Å². The largest absolute Gasteiger partial charge is 0.504 e. The molecule has 1 aromatic rings. The molecule has 0 unspecified atom stereocenters. The fourth-order valence-electron chi connectivity index (χ4n) is 1.42. The lowest BCUT2D eigenvalue weighted by molar-refractivity contribution is -0.385. The number of rotatable bonds is 3. The highest BCUT2D eigenvalue weighted by atomic mass is 16.7. The molecule has 0 bridgehead atoms. The summed E-state index contributed by atoms with van der Waals surface area (Å²) in [6.45, 7) is -0.00594. The van der Waals surface area contributed by atoms with E-state index in [2.05, 4.69) is 0 Å². The second kappa shape index (κ2) is 4.09. The van der Waals surface area contributed by atoms with Crippen LogP contribution in [0.1, 0.15) is 5.56 Å². The second-order valence-electron chi connectivity index (χ2n) is 3.03. The highest BCUT2D eigenvalue weighted by molar-refractivity contribution is 5.69. The molecule has 0 aliphatic carbocycles. The van der Waals surface area contributed by atoms with Crippen molar-refractivity contribution in [2.45, 2.75) is 0 Å². The first-order valence-electron chi connectivity index (χ1n) is 4.50. The number of nitro groups is 1. The van der Waals surface area contributed by atoms with Gasteiger partial charge in [-0.15, -0.1) is 0 Å². The quantitative estimate of drug-likeness (QED) is 0.445. The number of methoxy groups -OCH3 is 1. The summed E-state index contributed by atoms with van der Waals surface area (Å²) in [7, 11) is 1.51. The van der Waals surface area contributed by atoms with Crippen molar-refractivity contribution in [2.24, 2.45) is 0 Å². The number of benzene rings is 1. The average Bonchev–Trinajstić information content (AvgIpc) is 2.74. The second-order valence-corrected chi connectivity index (χ2v) is 3.03. The van der Waals surface area contributed by atoms with Crippen molar-refractivity contribution in [3.05, 3.63) is 34.1 Å². The summed E-state index contributed by atoms with van der Waals surface area (Å²) in [6, 6.07) is 2.96. The minimum absolute atomic E-state index is 0.00594. The molecule has 1 aliphatic rings. The van der Waals surface area contributed by atoms with Crippen molar-refractivity contribution in [1.29, 1.82) is 0 Å². The Morgan fingerprint density at radius 2 is 2.19 bits per heavy atom. The maximum atomic E-state index is 10.7. The molecule has 6 heteroatoms. The van der Waals surface area contributed by atoms with Crippen LogP contribution in [0.5, 0.6) is 11.5 Å². The van der Waals surface area contributed by atoms with Crippen LogP contribution < -0.4 is 9.47 Å². The summed E-state index contributed by atoms with van der Waals surface area (Å²) in [5, 5.41) is 10.7. The summed E-state index contributed by atoms with van der Waals surface area (Å²) in [5.74, 6) is 0.547. The molecule has 1 aromatic carbocycles. The predicted octanol–water partition coefficient (Wildman–Crippen LogP) is 1.94. The van der Waals surface area contributed by atoms with Gasteiger partial charge in [-0.2, -0.15) is 0 Å². The molecular formula is C10H9NO5. The van der Waals surface area contributed by atoms with Gasteiger partial charge in [-0.1, -0.05) is 0 Å². The number of nitro benzene ring substituents is 1. The molecule has 0 N–H and O–H groups in total. The van der Waals surface area contributed by atoms with Crippen molar-refractivity contribution in [2.75, 3.05) is 13.9 Å². The Labute approximate surface area is 91.2 Å². The van der Waals surface area contributed by atoms with Crippen LogP contribution in [-0.2, 0) is 4.74 Å². The highest BCUT2D eigenvalue weighted by Gasteiger charge is 2.27. The molecule has 0 aromatic heterocycles. The summed E-state index contributed by atoms with van der Waals surface area (Å²) >= 11 is 0. The lowest BCUT2D eigenvalue weighted by atomic mass is 10.1. The van der Waals surface area contributed by atoms with E-state index in [-0.39, 0.29) is 18.2 Å². The minimum Gasteiger partial charge on any atom is -0.504 e. The average molecular weight is 223 g/mol.